The number of nitrogens with one attached hydrogen (secondary N) is 1. The molecule has 2 amide bonds. The molecule has 2 aromatic rings. The number of hydrogen-bond donors (Lipinski definition) is 2. The summed E-state index contributed by atoms with van der Waals surface area (Å²) in [5, 5.41) is 11.6. The zero-order chi connectivity index (χ0) is 24.7. The van der Waals surface area contributed by atoms with Crippen LogP contribution in [-0.4, -0.2) is 64.3 Å². The molecule has 3 aliphatic rings. The Kier molecular flexibility index (Phi) is 5.98. The van der Waals surface area contributed by atoms with E-state index in [9.17, 15) is 24.3 Å². The number of ether oxygens (including phenoxy) is 2. The molecule has 1 fully saturated rings. The van der Waals surface area contributed by atoms with Crippen LogP contribution in [0, 0.1) is 0 Å². The molecule has 10 heteroatoms. The van der Waals surface area contributed by atoms with Crippen LogP contribution in [0.4, 0.5) is 4.79 Å². The lowest BCUT2D eigenvalue weighted by atomic mass is 9.98. The maximum absolute atomic E-state index is 12.8. The van der Waals surface area contributed by atoms with Gasteiger partial charge in [-0.25, -0.2) is 9.59 Å². The van der Waals surface area contributed by atoms with Crippen LogP contribution in [0.2, 0.25) is 0 Å². The summed E-state index contributed by atoms with van der Waals surface area (Å²) >= 11 is 1.29. The number of nitrogens with zero attached hydrogens (tertiary/aromatic N) is 1. The monoisotopic (exact) mass is 494 g/mol. The summed E-state index contributed by atoms with van der Waals surface area (Å²) in [4.78, 5) is 49.4. The molecule has 0 spiro atoms. The van der Waals surface area contributed by atoms with Crippen molar-refractivity contribution in [2.45, 2.75) is 24.3 Å². The van der Waals surface area contributed by atoms with E-state index in [1.165, 1.54) is 18.7 Å². The van der Waals surface area contributed by atoms with Crippen LogP contribution in [0.15, 0.2) is 59.8 Å². The van der Waals surface area contributed by atoms with Crippen LogP contribution < -0.4 is 5.32 Å². The molecule has 35 heavy (non-hydrogen) atoms. The normalized spacial score (nSPS) is 20.4. The van der Waals surface area contributed by atoms with Crippen LogP contribution in [0.5, 0.6) is 0 Å². The Labute approximate surface area is 205 Å². The first-order valence-electron chi connectivity index (χ1n) is 11.0. The predicted octanol–water partition coefficient (Wildman–Crippen LogP) is 2.71. The second-order valence-electron chi connectivity index (χ2n) is 8.39. The van der Waals surface area contributed by atoms with Crippen LogP contribution >= 0.6 is 11.8 Å². The molecule has 9 nitrogen and oxygen atoms in total. The number of benzene rings is 2. The van der Waals surface area contributed by atoms with Gasteiger partial charge in [-0.1, -0.05) is 48.5 Å². The molecular formula is C25H22N2O7S. The number of hydrogen-bond acceptors (Lipinski definition) is 7. The Morgan fingerprint density at radius 3 is 2.29 bits per heavy atom. The summed E-state index contributed by atoms with van der Waals surface area (Å²) in [6.07, 6.45) is -0.739. The average molecular weight is 495 g/mol. The fourth-order valence-electron chi connectivity index (χ4n) is 4.75. The molecule has 1 aliphatic carbocycles. The molecule has 2 aromatic carbocycles. The molecule has 1 saturated heterocycles. The number of rotatable bonds is 6. The highest BCUT2D eigenvalue weighted by molar-refractivity contribution is 8.00. The number of thioether (sulfide) groups is 1. The average Bonchev–Trinajstić information content (AvgIpc) is 3.17. The van der Waals surface area contributed by atoms with Crippen molar-refractivity contribution in [2.24, 2.45) is 0 Å². The number of amides is 2. The Bertz CT molecular complexity index is 1230. The van der Waals surface area contributed by atoms with E-state index in [2.05, 4.69) is 5.32 Å². The molecule has 0 bridgehead atoms. The second-order valence-corrected chi connectivity index (χ2v) is 9.50. The quantitative estimate of drug-likeness (QED) is 0.464. The minimum absolute atomic E-state index is 0.106. The lowest BCUT2D eigenvalue weighted by Crippen LogP contribution is -2.70. The van der Waals surface area contributed by atoms with Gasteiger partial charge in [0.2, 0.25) is 0 Å². The highest BCUT2D eigenvalue weighted by Gasteiger charge is 2.54. The summed E-state index contributed by atoms with van der Waals surface area (Å²) in [6, 6.07) is 15.0. The first kappa shape index (κ1) is 23.0. The molecule has 2 N–H and O–H groups in total. The molecule has 5 rings (SSSR count). The zero-order valence-electron chi connectivity index (χ0n) is 18.7. The SMILES string of the molecule is CC(=O)OCC1=C(C(=O)O)N2C(=O)[C@@H](NC(=O)OCC3c4ccccc4-c4ccccc43)[C@H]2SC1. The number of carboxylic acids is 1. The van der Waals surface area contributed by atoms with Gasteiger partial charge in [-0.05, 0) is 22.3 Å². The van der Waals surface area contributed by atoms with Crippen molar-refractivity contribution in [3.8, 4) is 11.1 Å². The van der Waals surface area contributed by atoms with Crippen LogP contribution in [0.25, 0.3) is 11.1 Å². The minimum atomic E-state index is -1.29. The number of fused-ring (bicyclic) bond motifs is 4. The van der Waals surface area contributed by atoms with Crippen molar-refractivity contribution in [3.05, 3.63) is 70.9 Å². The molecular weight excluding hydrogens is 472 g/mol. The van der Waals surface area contributed by atoms with E-state index in [1.54, 1.807) is 0 Å². The summed E-state index contributed by atoms with van der Waals surface area (Å²) in [5.41, 5.74) is 4.50. The van der Waals surface area contributed by atoms with E-state index in [0.29, 0.717) is 5.57 Å². The zero-order valence-corrected chi connectivity index (χ0v) is 19.5. The predicted molar refractivity (Wildman–Crippen MR) is 126 cm³/mol. The molecule has 2 heterocycles. The van der Waals surface area contributed by atoms with E-state index in [1.807, 2.05) is 48.5 Å². The Hall–Kier alpha value is -3.79. The molecule has 0 radical (unpaired) electrons. The van der Waals surface area contributed by atoms with Gasteiger partial charge in [-0.2, -0.15) is 0 Å². The number of β-lactam (4-membered cyclic amide) rings is 1. The third-order valence-electron chi connectivity index (χ3n) is 6.32. The molecule has 180 valence electrons. The Morgan fingerprint density at radius 2 is 1.69 bits per heavy atom. The van der Waals surface area contributed by atoms with E-state index in [4.69, 9.17) is 9.47 Å². The lowest BCUT2D eigenvalue weighted by molar-refractivity contribution is -0.149. The third kappa shape index (κ3) is 4.03. The van der Waals surface area contributed by atoms with Crippen molar-refractivity contribution in [2.75, 3.05) is 19.0 Å². The largest absolute Gasteiger partial charge is 0.477 e. The minimum Gasteiger partial charge on any atom is -0.477 e. The molecule has 0 saturated carbocycles. The van der Waals surface area contributed by atoms with Gasteiger partial charge in [0, 0.05) is 24.2 Å². The van der Waals surface area contributed by atoms with Crippen molar-refractivity contribution < 1.29 is 33.8 Å². The molecule has 0 aromatic heterocycles. The molecule has 2 aliphatic heterocycles. The summed E-state index contributed by atoms with van der Waals surface area (Å²) in [7, 11) is 0. The van der Waals surface area contributed by atoms with Gasteiger partial charge < -0.3 is 19.9 Å². The van der Waals surface area contributed by atoms with E-state index in [0.717, 1.165) is 27.2 Å². The van der Waals surface area contributed by atoms with Gasteiger partial charge in [0.05, 0.1) is 0 Å². The summed E-state index contributed by atoms with van der Waals surface area (Å²) < 4.78 is 10.4. The van der Waals surface area contributed by atoms with Crippen molar-refractivity contribution in [3.63, 3.8) is 0 Å². The maximum Gasteiger partial charge on any atom is 0.407 e. The van der Waals surface area contributed by atoms with Crippen LogP contribution in [0.1, 0.15) is 24.0 Å². The van der Waals surface area contributed by atoms with Gasteiger partial charge in [0.1, 0.15) is 30.3 Å². The van der Waals surface area contributed by atoms with E-state index < -0.39 is 35.4 Å². The van der Waals surface area contributed by atoms with E-state index in [-0.39, 0.29) is 30.6 Å². The second kappa shape index (κ2) is 9.10. The van der Waals surface area contributed by atoms with Gasteiger partial charge >= 0.3 is 18.0 Å². The van der Waals surface area contributed by atoms with Gasteiger partial charge in [0.15, 0.2) is 0 Å². The summed E-state index contributed by atoms with van der Waals surface area (Å²) in [5.74, 6) is -2.24. The van der Waals surface area contributed by atoms with Crippen molar-refractivity contribution in [1.29, 1.82) is 0 Å². The Morgan fingerprint density at radius 1 is 1.06 bits per heavy atom. The number of carbonyl (C=O) groups is 4. The van der Waals surface area contributed by atoms with Crippen molar-refractivity contribution >= 4 is 35.7 Å². The van der Waals surface area contributed by atoms with Gasteiger partial charge in [-0.3, -0.25) is 14.5 Å². The van der Waals surface area contributed by atoms with E-state index >= 15 is 0 Å². The van der Waals surface area contributed by atoms with Gasteiger partial charge in [0.25, 0.3) is 5.91 Å². The van der Waals surface area contributed by atoms with Crippen molar-refractivity contribution in [1.82, 2.24) is 10.2 Å². The van der Waals surface area contributed by atoms with Gasteiger partial charge in [-0.15, -0.1) is 11.8 Å². The number of alkyl carbamates (subject to hydrolysis) is 1. The number of carbonyl (C=O) groups excluding carboxylic acids is 3. The number of esters is 1. The maximum atomic E-state index is 12.8. The van der Waals surface area contributed by atoms with Crippen LogP contribution in [-0.2, 0) is 23.9 Å². The third-order valence-corrected chi connectivity index (χ3v) is 7.66. The topological polar surface area (TPSA) is 122 Å². The first-order chi connectivity index (χ1) is 16.9. The first-order valence-corrected chi connectivity index (χ1v) is 12.1. The standard InChI is InChI=1S/C25H22N2O7S/c1-13(28)33-10-14-12-35-23-20(22(29)27(23)21(14)24(30)31)26-25(32)34-11-19-17-8-4-2-6-15(17)16-7-3-5-9-18(16)19/h2-9,19-20,23H,10-12H2,1H3,(H,26,32)(H,30,31)/t20-,23-/m1/s1. The fourth-order valence-corrected chi connectivity index (χ4v) is 6.08. The number of carboxylic acid groups (broad SMARTS) is 1. The smallest absolute Gasteiger partial charge is 0.407 e. The highest BCUT2D eigenvalue weighted by atomic mass is 32.2. The Balaban J connectivity index is 1.24. The number of aliphatic carboxylic acids is 1. The highest BCUT2D eigenvalue weighted by Crippen LogP contribution is 2.44. The molecule has 0 unspecified atom stereocenters. The lowest BCUT2D eigenvalue weighted by Gasteiger charge is -2.49. The summed E-state index contributed by atoms with van der Waals surface area (Å²) in [6.45, 7) is 1.13. The van der Waals surface area contributed by atoms with Crippen LogP contribution in [0.3, 0.4) is 0 Å². The molecule has 2 atom stereocenters. The fraction of sp³-hybridized carbons (Fsp3) is 0.280.